The number of thioether (sulfide) groups is 1. The van der Waals surface area contributed by atoms with E-state index in [2.05, 4.69) is 20.5 Å². The minimum absolute atomic E-state index is 0.138. The number of carbonyl (C=O) groups excluding carboxylic acids is 1. The first-order chi connectivity index (χ1) is 12.6. The monoisotopic (exact) mass is 391 g/mol. The summed E-state index contributed by atoms with van der Waals surface area (Å²) in [4.78, 5) is 16.0. The lowest BCUT2D eigenvalue weighted by Gasteiger charge is -2.09. The van der Waals surface area contributed by atoms with Gasteiger partial charge in [-0.2, -0.15) is 0 Å². The number of aromatic nitrogens is 4. The fourth-order valence-corrected chi connectivity index (χ4v) is 3.49. The van der Waals surface area contributed by atoms with Gasteiger partial charge in [0.05, 0.1) is 20.0 Å². The van der Waals surface area contributed by atoms with E-state index in [1.807, 2.05) is 29.8 Å². The third kappa shape index (κ3) is 3.97. The Morgan fingerprint density at radius 1 is 1.27 bits per heavy atom. The van der Waals surface area contributed by atoms with Crippen molar-refractivity contribution in [3.05, 3.63) is 29.8 Å². The van der Waals surface area contributed by atoms with E-state index in [0.717, 1.165) is 5.56 Å². The first kappa shape index (κ1) is 18.2. The van der Waals surface area contributed by atoms with Crippen LogP contribution in [0.15, 0.2) is 34.9 Å². The van der Waals surface area contributed by atoms with Gasteiger partial charge in [-0.1, -0.05) is 11.8 Å². The Hall–Kier alpha value is -2.59. The molecule has 3 aromatic rings. The molecule has 0 fully saturated rings. The summed E-state index contributed by atoms with van der Waals surface area (Å²) >= 11 is 2.68. The maximum Gasteiger partial charge on any atom is 0.236 e. The number of nitrogens with zero attached hydrogens (tertiary/aromatic N) is 4. The smallest absolute Gasteiger partial charge is 0.236 e. The molecular formula is C16H17N5O3S2. The number of benzene rings is 1. The van der Waals surface area contributed by atoms with Crippen LogP contribution in [0.2, 0.25) is 0 Å². The fourth-order valence-electron chi connectivity index (χ4n) is 2.24. The van der Waals surface area contributed by atoms with E-state index in [9.17, 15) is 4.79 Å². The summed E-state index contributed by atoms with van der Waals surface area (Å²) in [5, 5.41) is 14.2. The molecule has 0 spiro atoms. The largest absolute Gasteiger partial charge is 0.493 e. The number of nitrogens with one attached hydrogen (secondary N) is 1. The predicted octanol–water partition coefficient (Wildman–Crippen LogP) is 2.69. The number of methoxy groups -OCH3 is 2. The first-order valence-corrected chi connectivity index (χ1v) is 9.43. The van der Waals surface area contributed by atoms with Gasteiger partial charge in [0, 0.05) is 24.2 Å². The average molecular weight is 391 g/mol. The Labute approximate surface area is 158 Å². The molecule has 1 N–H and O–H groups in total. The standard InChI is InChI=1S/C16H17N5O3S2/c1-21-14(10-4-5-11(23-2)12(8-10)24-3)19-20-16(21)26-9-13(22)18-15-17-6-7-25-15/h4-8H,9H2,1-3H3,(H,17,18,22). The summed E-state index contributed by atoms with van der Waals surface area (Å²) in [5.41, 5.74) is 0.844. The van der Waals surface area contributed by atoms with Gasteiger partial charge in [-0.05, 0) is 18.2 Å². The number of thiazole rings is 1. The summed E-state index contributed by atoms with van der Waals surface area (Å²) in [5.74, 6) is 2.02. The number of amides is 1. The molecule has 0 aliphatic rings. The SMILES string of the molecule is COc1ccc(-c2nnc(SCC(=O)Nc3nccs3)n2C)cc1OC. The van der Waals surface area contributed by atoms with Crippen molar-refractivity contribution >= 4 is 34.1 Å². The highest BCUT2D eigenvalue weighted by Crippen LogP contribution is 2.32. The van der Waals surface area contributed by atoms with Crippen LogP contribution in [0.5, 0.6) is 11.5 Å². The van der Waals surface area contributed by atoms with Crippen LogP contribution < -0.4 is 14.8 Å². The van der Waals surface area contributed by atoms with Crippen molar-refractivity contribution < 1.29 is 14.3 Å². The van der Waals surface area contributed by atoms with Gasteiger partial charge in [0.2, 0.25) is 5.91 Å². The highest BCUT2D eigenvalue weighted by molar-refractivity contribution is 7.99. The van der Waals surface area contributed by atoms with E-state index >= 15 is 0 Å². The summed E-state index contributed by atoms with van der Waals surface area (Å²) < 4.78 is 12.4. The minimum atomic E-state index is -0.138. The number of rotatable bonds is 7. The van der Waals surface area contributed by atoms with E-state index < -0.39 is 0 Å². The Kier molecular flexibility index (Phi) is 5.74. The Morgan fingerprint density at radius 3 is 2.77 bits per heavy atom. The maximum absolute atomic E-state index is 12.0. The molecule has 0 atom stereocenters. The molecule has 26 heavy (non-hydrogen) atoms. The van der Waals surface area contributed by atoms with E-state index in [1.54, 1.807) is 25.8 Å². The number of hydrogen-bond donors (Lipinski definition) is 1. The van der Waals surface area contributed by atoms with Gasteiger partial charge in [0.25, 0.3) is 0 Å². The Morgan fingerprint density at radius 2 is 2.08 bits per heavy atom. The van der Waals surface area contributed by atoms with Gasteiger partial charge in [-0.25, -0.2) is 4.98 Å². The molecule has 0 saturated carbocycles. The molecule has 8 nitrogen and oxygen atoms in total. The molecule has 2 aromatic heterocycles. The first-order valence-electron chi connectivity index (χ1n) is 7.56. The van der Waals surface area contributed by atoms with Crippen molar-refractivity contribution in [1.29, 1.82) is 0 Å². The molecule has 0 unspecified atom stereocenters. The quantitative estimate of drug-likeness (QED) is 0.619. The lowest BCUT2D eigenvalue weighted by atomic mass is 10.2. The van der Waals surface area contributed by atoms with Crippen molar-refractivity contribution in [1.82, 2.24) is 19.7 Å². The molecule has 2 heterocycles. The van der Waals surface area contributed by atoms with Crippen LogP contribution in [0, 0.1) is 0 Å². The van der Waals surface area contributed by atoms with Crippen LogP contribution in [-0.2, 0) is 11.8 Å². The van der Waals surface area contributed by atoms with Crippen molar-refractivity contribution in [2.45, 2.75) is 5.16 Å². The highest BCUT2D eigenvalue weighted by atomic mass is 32.2. The second kappa shape index (κ2) is 8.19. The number of ether oxygens (including phenoxy) is 2. The van der Waals surface area contributed by atoms with Crippen LogP contribution in [0.3, 0.4) is 0 Å². The van der Waals surface area contributed by atoms with Crippen LogP contribution in [-0.4, -0.2) is 45.6 Å². The van der Waals surface area contributed by atoms with E-state index in [0.29, 0.717) is 27.6 Å². The van der Waals surface area contributed by atoms with Gasteiger partial charge in [-0.15, -0.1) is 21.5 Å². The third-order valence-corrected chi connectivity index (χ3v) is 5.20. The van der Waals surface area contributed by atoms with Gasteiger partial charge >= 0.3 is 0 Å². The maximum atomic E-state index is 12.0. The molecule has 0 bridgehead atoms. The van der Waals surface area contributed by atoms with Crippen LogP contribution >= 0.6 is 23.1 Å². The summed E-state index contributed by atoms with van der Waals surface area (Å²) in [6.45, 7) is 0. The second-order valence-electron chi connectivity index (χ2n) is 5.11. The third-order valence-electron chi connectivity index (χ3n) is 3.49. The lowest BCUT2D eigenvalue weighted by Crippen LogP contribution is -2.14. The lowest BCUT2D eigenvalue weighted by molar-refractivity contribution is -0.113. The van der Waals surface area contributed by atoms with E-state index in [1.165, 1.54) is 23.1 Å². The topological polar surface area (TPSA) is 91.2 Å². The zero-order valence-electron chi connectivity index (χ0n) is 14.4. The Bertz CT molecular complexity index is 895. The van der Waals surface area contributed by atoms with Gasteiger partial charge in [0.15, 0.2) is 27.6 Å². The number of carbonyl (C=O) groups is 1. The molecule has 0 aliphatic carbocycles. The molecule has 0 radical (unpaired) electrons. The molecule has 3 rings (SSSR count). The predicted molar refractivity (Wildman–Crippen MR) is 101 cm³/mol. The summed E-state index contributed by atoms with van der Waals surface area (Å²) in [6, 6.07) is 5.54. The zero-order valence-corrected chi connectivity index (χ0v) is 16.1. The second-order valence-corrected chi connectivity index (χ2v) is 6.95. The molecule has 1 amide bonds. The zero-order chi connectivity index (χ0) is 18.5. The van der Waals surface area contributed by atoms with Crippen molar-refractivity contribution in [3.63, 3.8) is 0 Å². The van der Waals surface area contributed by atoms with Crippen LogP contribution in [0.4, 0.5) is 5.13 Å². The van der Waals surface area contributed by atoms with Crippen molar-refractivity contribution in [2.75, 3.05) is 25.3 Å². The normalized spacial score (nSPS) is 10.6. The van der Waals surface area contributed by atoms with Crippen LogP contribution in [0.1, 0.15) is 0 Å². The van der Waals surface area contributed by atoms with Gasteiger partial charge in [-0.3, -0.25) is 4.79 Å². The average Bonchev–Trinajstić information content (AvgIpc) is 3.29. The summed E-state index contributed by atoms with van der Waals surface area (Å²) in [7, 11) is 5.03. The summed E-state index contributed by atoms with van der Waals surface area (Å²) in [6.07, 6.45) is 1.64. The van der Waals surface area contributed by atoms with E-state index in [4.69, 9.17) is 9.47 Å². The van der Waals surface area contributed by atoms with Gasteiger partial charge in [0.1, 0.15) is 0 Å². The number of anilines is 1. The Balaban J connectivity index is 1.70. The number of hydrogen-bond acceptors (Lipinski definition) is 8. The van der Waals surface area contributed by atoms with Gasteiger partial charge < -0.3 is 19.4 Å². The minimum Gasteiger partial charge on any atom is -0.493 e. The van der Waals surface area contributed by atoms with Crippen LogP contribution in [0.25, 0.3) is 11.4 Å². The molecule has 0 saturated heterocycles. The molecular weight excluding hydrogens is 374 g/mol. The molecule has 1 aromatic carbocycles. The molecule has 0 aliphatic heterocycles. The highest BCUT2D eigenvalue weighted by Gasteiger charge is 2.15. The fraction of sp³-hybridized carbons (Fsp3) is 0.250. The molecule has 10 heteroatoms. The van der Waals surface area contributed by atoms with Crippen molar-refractivity contribution in [3.8, 4) is 22.9 Å². The van der Waals surface area contributed by atoms with Crippen molar-refractivity contribution in [2.24, 2.45) is 7.05 Å². The molecule has 136 valence electrons. The van der Waals surface area contributed by atoms with E-state index in [-0.39, 0.29) is 11.7 Å².